The molecule has 0 saturated heterocycles. The molecule has 0 aromatic heterocycles. The number of nitrogens with one attached hydrogen (secondary N) is 2. The van der Waals surface area contributed by atoms with Gasteiger partial charge in [-0.2, -0.15) is 0 Å². The molecule has 6 heteroatoms. The number of benzene rings is 1. The van der Waals surface area contributed by atoms with Crippen molar-refractivity contribution >= 4 is 17.3 Å². The van der Waals surface area contributed by atoms with Crippen molar-refractivity contribution in [1.29, 1.82) is 0 Å². The minimum Gasteiger partial charge on any atom is -0.385 e. The predicted octanol–water partition coefficient (Wildman–Crippen LogP) is 2.55. The van der Waals surface area contributed by atoms with Crippen molar-refractivity contribution in [2.45, 2.75) is 32.7 Å². The van der Waals surface area contributed by atoms with Crippen LogP contribution in [0.5, 0.6) is 0 Å². The molecule has 1 saturated carbocycles. The van der Waals surface area contributed by atoms with Gasteiger partial charge >= 0.3 is 0 Å². The maximum Gasteiger partial charge on any atom is 0.282 e. The van der Waals surface area contributed by atoms with E-state index in [1.165, 1.54) is 6.07 Å². The van der Waals surface area contributed by atoms with Gasteiger partial charge in [0.05, 0.1) is 4.92 Å². The van der Waals surface area contributed by atoms with E-state index in [9.17, 15) is 14.9 Å². The Bertz CT molecular complexity index is 530. The van der Waals surface area contributed by atoms with Gasteiger partial charge < -0.3 is 10.6 Å². The van der Waals surface area contributed by atoms with Gasteiger partial charge in [-0.15, -0.1) is 0 Å². The fraction of sp³-hybridized carbons (Fsp3) is 0.500. The van der Waals surface area contributed by atoms with Gasteiger partial charge in [0.2, 0.25) is 0 Å². The van der Waals surface area contributed by atoms with Crippen molar-refractivity contribution in [3.8, 4) is 0 Å². The van der Waals surface area contributed by atoms with Gasteiger partial charge in [0, 0.05) is 24.3 Å². The number of nitro benzene ring substituents is 1. The lowest BCUT2D eigenvalue weighted by Gasteiger charge is -2.09. The summed E-state index contributed by atoms with van der Waals surface area (Å²) in [6, 6.07) is 4.71. The molecule has 0 radical (unpaired) electrons. The highest BCUT2D eigenvalue weighted by molar-refractivity contribution is 5.99. The molecule has 1 amide bonds. The van der Waals surface area contributed by atoms with Gasteiger partial charge in [0.1, 0.15) is 5.56 Å². The van der Waals surface area contributed by atoms with Crippen LogP contribution in [-0.2, 0) is 0 Å². The number of anilines is 1. The van der Waals surface area contributed by atoms with E-state index in [1.54, 1.807) is 12.1 Å². The predicted molar refractivity (Wildman–Crippen MR) is 76.9 cm³/mol. The van der Waals surface area contributed by atoms with Crippen LogP contribution in [0, 0.1) is 16.0 Å². The Labute approximate surface area is 117 Å². The van der Waals surface area contributed by atoms with Gasteiger partial charge in [-0.25, -0.2) is 0 Å². The van der Waals surface area contributed by atoms with Gasteiger partial charge in [-0.1, -0.05) is 13.8 Å². The molecule has 0 heterocycles. The molecule has 1 aromatic rings. The highest BCUT2D eigenvalue weighted by Crippen LogP contribution is 2.30. The average Bonchev–Trinajstić information content (AvgIpc) is 3.11. The molecule has 1 aliphatic rings. The molecule has 6 nitrogen and oxygen atoms in total. The zero-order valence-electron chi connectivity index (χ0n) is 11.7. The minimum absolute atomic E-state index is 0.121. The molecule has 108 valence electrons. The Morgan fingerprint density at radius 3 is 2.75 bits per heavy atom. The van der Waals surface area contributed by atoms with Crippen LogP contribution in [0.2, 0.25) is 0 Å². The number of carbonyl (C=O) groups excluding carboxylic acids is 1. The Morgan fingerprint density at radius 1 is 1.50 bits per heavy atom. The van der Waals surface area contributed by atoms with Gasteiger partial charge in [-0.05, 0) is 30.9 Å². The van der Waals surface area contributed by atoms with Gasteiger partial charge in [0.15, 0.2) is 0 Å². The topological polar surface area (TPSA) is 84.3 Å². The number of amides is 1. The SMILES string of the molecule is CCCNc1ccc([N+](=O)[O-])c(C(=O)NC2CC2C)c1. The Balaban J connectivity index is 2.21. The number of nitro groups is 1. The second kappa shape index (κ2) is 5.90. The number of hydrogen-bond acceptors (Lipinski definition) is 4. The first-order valence-electron chi connectivity index (χ1n) is 6.86. The molecule has 0 aliphatic heterocycles. The van der Waals surface area contributed by atoms with E-state index >= 15 is 0 Å². The van der Waals surface area contributed by atoms with Crippen LogP contribution in [0.25, 0.3) is 0 Å². The lowest BCUT2D eigenvalue weighted by atomic mass is 10.1. The number of nitrogens with zero attached hydrogens (tertiary/aromatic N) is 1. The zero-order chi connectivity index (χ0) is 14.7. The zero-order valence-corrected chi connectivity index (χ0v) is 11.7. The van der Waals surface area contributed by atoms with Crippen LogP contribution in [0.4, 0.5) is 11.4 Å². The van der Waals surface area contributed by atoms with Crippen molar-refractivity contribution in [3.05, 3.63) is 33.9 Å². The standard InChI is InChI=1S/C14H19N3O3/c1-3-6-15-10-4-5-13(17(19)20)11(8-10)14(18)16-12-7-9(12)2/h4-5,8-9,12,15H,3,6-7H2,1-2H3,(H,16,18). The number of hydrogen-bond donors (Lipinski definition) is 2. The van der Waals surface area contributed by atoms with Crippen LogP contribution >= 0.6 is 0 Å². The van der Waals surface area contributed by atoms with Crippen LogP contribution in [0.15, 0.2) is 18.2 Å². The van der Waals surface area contributed by atoms with Crippen LogP contribution in [0.3, 0.4) is 0 Å². The third-order valence-corrected chi connectivity index (χ3v) is 3.44. The molecule has 2 N–H and O–H groups in total. The first-order chi connectivity index (χ1) is 9.52. The molecule has 2 rings (SSSR count). The molecule has 1 fully saturated rings. The van der Waals surface area contributed by atoms with E-state index in [1.807, 2.05) is 13.8 Å². The summed E-state index contributed by atoms with van der Waals surface area (Å²) < 4.78 is 0. The third kappa shape index (κ3) is 3.26. The lowest BCUT2D eigenvalue weighted by Crippen LogP contribution is -2.27. The fourth-order valence-electron chi connectivity index (χ4n) is 2.03. The summed E-state index contributed by atoms with van der Waals surface area (Å²) in [5.41, 5.74) is 0.694. The molecule has 20 heavy (non-hydrogen) atoms. The maximum atomic E-state index is 12.1. The largest absolute Gasteiger partial charge is 0.385 e. The van der Waals surface area contributed by atoms with Crippen molar-refractivity contribution in [2.75, 3.05) is 11.9 Å². The Hall–Kier alpha value is -2.11. The van der Waals surface area contributed by atoms with Crippen molar-refractivity contribution < 1.29 is 9.72 Å². The summed E-state index contributed by atoms with van der Waals surface area (Å²) in [7, 11) is 0. The van der Waals surface area contributed by atoms with E-state index in [-0.39, 0.29) is 23.2 Å². The molecular formula is C14H19N3O3. The molecule has 0 bridgehead atoms. The maximum absolute atomic E-state index is 12.1. The summed E-state index contributed by atoms with van der Waals surface area (Å²) in [4.78, 5) is 22.7. The van der Waals surface area contributed by atoms with Crippen LogP contribution < -0.4 is 10.6 Å². The summed E-state index contributed by atoms with van der Waals surface area (Å²) in [5.74, 6) is 0.0885. The first kappa shape index (κ1) is 14.3. The summed E-state index contributed by atoms with van der Waals surface area (Å²) in [6.07, 6.45) is 1.88. The third-order valence-electron chi connectivity index (χ3n) is 3.44. The van der Waals surface area contributed by atoms with E-state index in [4.69, 9.17) is 0 Å². The molecule has 2 atom stereocenters. The second-order valence-corrected chi connectivity index (χ2v) is 5.21. The van der Waals surface area contributed by atoms with Crippen molar-refractivity contribution in [2.24, 2.45) is 5.92 Å². The van der Waals surface area contributed by atoms with Gasteiger partial charge in [0.25, 0.3) is 11.6 Å². The lowest BCUT2D eigenvalue weighted by molar-refractivity contribution is -0.385. The van der Waals surface area contributed by atoms with E-state index < -0.39 is 4.92 Å². The Kier molecular flexibility index (Phi) is 4.22. The van der Waals surface area contributed by atoms with E-state index in [0.717, 1.165) is 25.1 Å². The monoisotopic (exact) mass is 277 g/mol. The van der Waals surface area contributed by atoms with Crippen molar-refractivity contribution in [3.63, 3.8) is 0 Å². The quantitative estimate of drug-likeness (QED) is 0.618. The smallest absolute Gasteiger partial charge is 0.282 e. The molecule has 2 unspecified atom stereocenters. The normalized spacial score (nSPS) is 20.3. The molecule has 1 aromatic carbocycles. The summed E-state index contributed by atoms with van der Waals surface area (Å²) in [6.45, 7) is 4.83. The van der Waals surface area contributed by atoms with E-state index in [0.29, 0.717) is 5.92 Å². The van der Waals surface area contributed by atoms with Crippen LogP contribution in [0.1, 0.15) is 37.0 Å². The summed E-state index contributed by atoms with van der Waals surface area (Å²) in [5, 5.41) is 17.0. The van der Waals surface area contributed by atoms with E-state index in [2.05, 4.69) is 10.6 Å². The molecule has 1 aliphatic carbocycles. The average molecular weight is 277 g/mol. The van der Waals surface area contributed by atoms with Crippen molar-refractivity contribution in [1.82, 2.24) is 5.32 Å². The fourth-order valence-corrected chi connectivity index (χ4v) is 2.03. The molecule has 0 spiro atoms. The molecular weight excluding hydrogens is 258 g/mol. The minimum atomic E-state index is -0.519. The second-order valence-electron chi connectivity index (χ2n) is 5.21. The summed E-state index contributed by atoms with van der Waals surface area (Å²) >= 11 is 0. The van der Waals surface area contributed by atoms with Gasteiger partial charge in [-0.3, -0.25) is 14.9 Å². The Morgan fingerprint density at radius 2 is 2.20 bits per heavy atom. The highest BCUT2D eigenvalue weighted by atomic mass is 16.6. The first-order valence-corrected chi connectivity index (χ1v) is 6.86. The highest BCUT2D eigenvalue weighted by Gasteiger charge is 2.35. The number of rotatable bonds is 6. The van der Waals surface area contributed by atoms with Crippen LogP contribution in [-0.4, -0.2) is 23.4 Å². The number of carbonyl (C=O) groups is 1.